The second kappa shape index (κ2) is 5.72. The van der Waals surface area contributed by atoms with Crippen LogP contribution in [0.5, 0.6) is 0 Å². The molecule has 2 aromatic heterocycles. The van der Waals surface area contributed by atoms with Crippen LogP contribution >= 0.6 is 0 Å². The van der Waals surface area contributed by atoms with Gasteiger partial charge < -0.3 is 9.67 Å². The van der Waals surface area contributed by atoms with Gasteiger partial charge in [0.15, 0.2) is 16.8 Å². The largest absolute Gasteiger partial charge is 0.417 e. The van der Waals surface area contributed by atoms with Gasteiger partial charge in [0.05, 0.1) is 6.33 Å². The summed E-state index contributed by atoms with van der Waals surface area (Å²) in [6.07, 6.45) is -3.61. The third kappa shape index (κ3) is 2.78. The number of halogens is 3. The number of alkyl halides is 3. The molecule has 0 radical (unpaired) electrons. The van der Waals surface area contributed by atoms with Crippen LogP contribution in [0.15, 0.2) is 15.9 Å². The van der Waals surface area contributed by atoms with E-state index >= 15 is 0 Å². The van der Waals surface area contributed by atoms with Gasteiger partial charge in [0, 0.05) is 20.6 Å². The summed E-state index contributed by atoms with van der Waals surface area (Å²) in [4.78, 5) is 29.1. The molecule has 0 unspecified atom stereocenters. The Hall–Kier alpha value is -2.10. The van der Waals surface area contributed by atoms with Crippen molar-refractivity contribution in [3.63, 3.8) is 0 Å². The molecule has 138 valence electrons. The van der Waals surface area contributed by atoms with E-state index in [4.69, 9.17) is 0 Å². The zero-order valence-corrected chi connectivity index (χ0v) is 13.9. The van der Waals surface area contributed by atoms with Gasteiger partial charge in [0.1, 0.15) is 0 Å². The number of hydrogen-bond acceptors (Lipinski definition) is 4. The molecule has 1 fully saturated rings. The van der Waals surface area contributed by atoms with E-state index in [0.717, 1.165) is 4.57 Å². The van der Waals surface area contributed by atoms with Crippen LogP contribution < -0.4 is 11.2 Å². The molecule has 10 heteroatoms. The molecule has 3 rings (SSSR count). The Morgan fingerprint density at radius 2 is 2.04 bits per heavy atom. The lowest BCUT2D eigenvalue weighted by Gasteiger charge is -2.38. The van der Waals surface area contributed by atoms with Crippen molar-refractivity contribution in [1.29, 1.82) is 0 Å². The van der Waals surface area contributed by atoms with Crippen LogP contribution in [0.1, 0.15) is 25.7 Å². The van der Waals surface area contributed by atoms with E-state index in [2.05, 4.69) is 4.98 Å². The molecule has 1 saturated carbocycles. The van der Waals surface area contributed by atoms with Crippen LogP contribution in [0.25, 0.3) is 11.2 Å². The van der Waals surface area contributed by atoms with Crippen LogP contribution in [-0.2, 0) is 20.6 Å². The number of hydrogen-bond donors (Lipinski definition) is 1. The topological polar surface area (TPSA) is 82.1 Å². The van der Waals surface area contributed by atoms with Crippen LogP contribution in [0.3, 0.4) is 0 Å². The third-order valence-electron chi connectivity index (χ3n) is 5.00. The van der Waals surface area contributed by atoms with Crippen molar-refractivity contribution >= 4 is 11.2 Å². The zero-order valence-electron chi connectivity index (χ0n) is 13.9. The lowest BCUT2D eigenvalue weighted by atomic mass is 9.77. The number of fused-ring (bicyclic) bond motifs is 1. The summed E-state index contributed by atoms with van der Waals surface area (Å²) in [6.45, 7) is -0.162. The van der Waals surface area contributed by atoms with E-state index < -0.39 is 35.4 Å². The zero-order chi connectivity index (χ0) is 18.6. The fraction of sp³-hybridized carbons (Fsp3) is 0.667. The van der Waals surface area contributed by atoms with Crippen molar-refractivity contribution in [2.75, 3.05) is 0 Å². The van der Waals surface area contributed by atoms with E-state index in [1.807, 2.05) is 0 Å². The quantitative estimate of drug-likeness (QED) is 0.863. The Morgan fingerprint density at radius 1 is 1.36 bits per heavy atom. The molecule has 2 heterocycles. The first-order valence-electron chi connectivity index (χ1n) is 7.95. The molecule has 0 saturated heterocycles. The molecule has 2 atom stereocenters. The Morgan fingerprint density at radius 3 is 2.68 bits per heavy atom. The first-order valence-corrected chi connectivity index (χ1v) is 7.95. The maximum atomic E-state index is 13.1. The van der Waals surface area contributed by atoms with E-state index in [1.165, 1.54) is 22.5 Å². The molecule has 0 bridgehead atoms. The highest BCUT2D eigenvalue weighted by molar-refractivity contribution is 5.69. The average Bonchev–Trinajstić information content (AvgIpc) is 2.90. The molecule has 1 N–H and O–H groups in total. The summed E-state index contributed by atoms with van der Waals surface area (Å²) in [5.74, 6) is -0.614. The number of aryl methyl sites for hydroxylation is 2. The number of aromatic nitrogens is 4. The molecule has 0 aromatic carbocycles. The van der Waals surface area contributed by atoms with Crippen molar-refractivity contribution < 1.29 is 18.3 Å². The molecule has 1 aliphatic carbocycles. The van der Waals surface area contributed by atoms with Gasteiger partial charge in [-0.05, 0) is 31.6 Å². The van der Waals surface area contributed by atoms with Gasteiger partial charge in [-0.2, -0.15) is 13.2 Å². The van der Waals surface area contributed by atoms with Gasteiger partial charge in [-0.15, -0.1) is 0 Å². The Balaban J connectivity index is 2.00. The van der Waals surface area contributed by atoms with Gasteiger partial charge in [0.2, 0.25) is 0 Å². The summed E-state index contributed by atoms with van der Waals surface area (Å²) >= 11 is 0. The van der Waals surface area contributed by atoms with E-state index in [-0.39, 0.29) is 30.6 Å². The minimum absolute atomic E-state index is 0.162. The van der Waals surface area contributed by atoms with E-state index in [1.54, 1.807) is 7.05 Å². The van der Waals surface area contributed by atoms with Crippen molar-refractivity contribution in [3.8, 4) is 0 Å². The third-order valence-corrected chi connectivity index (χ3v) is 5.00. The summed E-state index contributed by atoms with van der Waals surface area (Å²) in [7, 11) is 3.06. The number of rotatable bonds is 2. The van der Waals surface area contributed by atoms with Crippen molar-refractivity contribution in [3.05, 3.63) is 27.2 Å². The summed E-state index contributed by atoms with van der Waals surface area (Å²) in [6, 6.07) is 0. The number of aliphatic hydroxyl groups is 1. The predicted molar refractivity (Wildman–Crippen MR) is 83.2 cm³/mol. The Kier molecular flexibility index (Phi) is 4.05. The van der Waals surface area contributed by atoms with E-state index in [9.17, 15) is 27.9 Å². The van der Waals surface area contributed by atoms with Gasteiger partial charge in [-0.3, -0.25) is 13.9 Å². The lowest BCUT2D eigenvalue weighted by molar-refractivity contribution is -0.274. The van der Waals surface area contributed by atoms with Crippen LogP contribution in [-0.4, -0.2) is 35.6 Å². The molecule has 0 amide bonds. The highest BCUT2D eigenvalue weighted by Gasteiger charge is 2.55. The Bertz CT molecular complexity index is 927. The van der Waals surface area contributed by atoms with Gasteiger partial charge in [-0.25, -0.2) is 9.78 Å². The standard InChI is InChI=1S/C15H19F3N4O3/c1-20-8-19-11-10(20)12(23)22(13(24)21(11)2)7-9-4-3-5-14(25,6-9)15(16,17)18/h8-9,25H,3-7H2,1-2H3/t9-,14+/m1/s1. The molecule has 2 aromatic rings. The SMILES string of the molecule is Cn1cnc2c1c(=O)n(C[C@@H]1CCC[C@@](O)(C(F)(F)F)C1)c(=O)n2C. The monoisotopic (exact) mass is 360 g/mol. The predicted octanol–water partition coefficient (Wildman–Crippen LogP) is 0.917. The molecule has 7 nitrogen and oxygen atoms in total. The first-order chi connectivity index (χ1) is 11.5. The highest BCUT2D eigenvalue weighted by atomic mass is 19.4. The van der Waals surface area contributed by atoms with Crippen molar-refractivity contribution in [2.45, 2.75) is 44.0 Å². The molecule has 0 aliphatic heterocycles. The minimum Gasteiger partial charge on any atom is -0.380 e. The fourth-order valence-corrected chi connectivity index (χ4v) is 3.59. The minimum atomic E-state index is -4.73. The summed E-state index contributed by atoms with van der Waals surface area (Å²) in [5, 5.41) is 9.92. The molecule has 25 heavy (non-hydrogen) atoms. The maximum Gasteiger partial charge on any atom is 0.417 e. The smallest absolute Gasteiger partial charge is 0.380 e. The average molecular weight is 360 g/mol. The summed E-state index contributed by atoms with van der Waals surface area (Å²) < 4.78 is 42.9. The summed E-state index contributed by atoms with van der Waals surface area (Å²) in [5.41, 5.74) is -3.54. The van der Waals surface area contributed by atoms with Crippen molar-refractivity contribution in [1.82, 2.24) is 18.7 Å². The maximum absolute atomic E-state index is 13.1. The van der Waals surface area contributed by atoms with Gasteiger partial charge >= 0.3 is 11.9 Å². The van der Waals surface area contributed by atoms with Gasteiger partial charge in [0.25, 0.3) is 5.56 Å². The number of nitrogens with zero attached hydrogens (tertiary/aromatic N) is 4. The van der Waals surface area contributed by atoms with E-state index in [0.29, 0.717) is 6.42 Å². The first kappa shape index (κ1) is 17.7. The Labute approximate surface area is 140 Å². The van der Waals surface area contributed by atoms with Crippen LogP contribution in [0.4, 0.5) is 13.2 Å². The van der Waals surface area contributed by atoms with Gasteiger partial charge in [-0.1, -0.05) is 0 Å². The fourth-order valence-electron chi connectivity index (χ4n) is 3.59. The molecular formula is C15H19F3N4O3. The van der Waals surface area contributed by atoms with Crippen molar-refractivity contribution in [2.24, 2.45) is 20.0 Å². The van der Waals surface area contributed by atoms with Crippen LogP contribution in [0.2, 0.25) is 0 Å². The second-order valence-corrected chi connectivity index (χ2v) is 6.78. The number of imidazole rings is 1. The molecule has 1 aliphatic rings. The normalized spacial score (nSPS) is 24.8. The second-order valence-electron chi connectivity index (χ2n) is 6.78. The molecular weight excluding hydrogens is 341 g/mol. The van der Waals surface area contributed by atoms with Crippen LogP contribution in [0, 0.1) is 5.92 Å². The molecule has 0 spiro atoms. The highest BCUT2D eigenvalue weighted by Crippen LogP contribution is 2.43. The lowest BCUT2D eigenvalue weighted by Crippen LogP contribution is -2.50.